The molecule has 0 saturated carbocycles. The number of nitrogen functional groups attached to an aromatic ring is 1. The summed E-state index contributed by atoms with van der Waals surface area (Å²) in [4.78, 5) is 28.6. The van der Waals surface area contributed by atoms with Crippen molar-refractivity contribution in [2.75, 3.05) is 23.7 Å². The lowest BCUT2D eigenvalue weighted by Crippen LogP contribution is -2.48. The van der Waals surface area contributed by atoms with E-state index in [2.05, 4.69) is 4.98 Å². The van der Waals surface area contributed by atoms with Gasteiger partial charge in [-0.05, 0) is 12.5 Å². The van der Waals surface area contributed by atoms with Crippen LogP contribution in [0.2, 0.25) is 0 Å². The van der Waals surface area contributed by atoms with Crippen molar-refractivity contribution < 1.29 is 14.8 Å². The van der Waals surface area contributed by atoms with Gasteiger partial charge in [0.2, 0.25) is 5.82 Å². The summed E-state index contributed by atoms with van der Waals surface area (Å²) in [5.41, 5.74) is 5.36. The number of rotatable bonds is 2. The second-order valence-electron chi connectivity index (χ2n) is 4.96. The van der Waals surface area contributed by atoms with Gasteiger partial charge in [-0.1, -0.05) is 0 Å². The maximum Gasteiger partial charge on any atom is 0.407 e. The normalized spacial score (nSPS) is 24.2. The van der Waals surface area contributed by atoms with Crippen molar-refractivity contribution in [3.05, 3.63) is 22.2 Å². The van der Waals surface area contributed by atoms with Gasteiger partial charge in [0, 0.05) is 19.2 Å². The fraction of sp³-hybridized carbons (Fsp3) is 0.455. The Balaban J connectivity index is 1.82. The number of hydrogen-bond donors (Lipinski definition) is 2. The molecule has 0 spiro atoms. The Morgan fingerprint density at radius 3 is 2.70 bits per heavy atom. The first-order chi connectivity index (χ1) is 9.47. The number of aromatic nitrogens is 1. The minimum atomic E-state index is -0.909. The second kappa shape index (κ2) is 4.22. The van der Waals surface area contributed by atoms with Crippen LogP contribution in [-0.2, 0) is 0 Å². The number of anilines is 2. The molecule has 0 unspecified atom stereocenters. The number of likely N-dealkylation sites (tertiary alicyclic amines) is 1. The largest absolute Gasteiger partial charge is 0.465 e. The molecule has 2 aliphatic rings. The molecule has 9 nitrogen and oxygen atoms in total. The van der Waals surface area contributed by atoms with E-state index in [9.17, 15) is 14.9 Å². The minimum absolute atomic E-state index is 0.0456. The molecule has 106 valence electrons. The quantitative estimate of drug-likeness (QED) is 0.596. The lowest BCUT2D eigenvalue weighted by Gasteiger charge is -2.33. The topological polar surface area (TPSA) is 126 Å². The highest BCUT2D eigenvalue weighted by atomic mass is 16.6. The lowest BCUT2D eigenvalue weighted by atomic mass is 10.2. The van der Waals surface area contributed by atoms with Gasteiger partial charge in [0.05, 0.1) is 17.0 Å². The summed E-state index contributed by atoms with van der Waals surface area (Å²) in [5.74, 6) is 0.441. The molecule has 0 radical (unpaired) electrons. The van der Waals surface area contributed by atoms with E-state index in [0.717, 1.165) is 6.42 Å². The molecule has 2 atom stereocenters. The van der Waals surface area contributed by atoms with Crippen LogP contribution < -0.4 is 10.6 Å². The van der Waals surface area contributed by atoms with Gasteiger partial charge in [0.25, 0.3) is 0 Å². The van der Waals surface area contributed by atoms with E-state index in [-0.39, 0.29) is 23.6 Å². The van der Waals surface area contributed by atoms with E-state index < -0.39 is 11.0 Å². The first-order valence-electron chi connectivity index (χ1n) is 6.14. The number of carbonyl (C=O) groups is 1. The van der Waals surface area contributed by atoms with E-state index in [1.807, 2.05) is 4.90 Å². The number of nitro groups is 1. The molecule has 9 heteroatoms. The summed E-state index contributed by atoms with van der Waals surface area (Å²) in [6.07, 6.45) is -0.154. The first-order valence-corrected chi connectivity index (χ1v) is 6.14. The average molecular weight is 279 g/mol. The fourth-order valence-electron chi connectivity index (χ4n) is 2.95. The predicted molar refractivity (Wildman–Crippen MR) is 69.6 cm³/mol. The number of hydrogen-bond acceptors (Lipinski definition) is 6. The van der Waals surface area contributed by atoms with Crippen LogP contribution >= 0.6 is 0 Å². The maximum atomic E-state index is 11.0. The molecule has 3 N–H and O–H groups in total. The van der Waals surface area contributed by atoms with Crippen LogP contribution in [0.1, 0.15) is 6.42 Å². The minimum Gasteiger partial charge on any atom is -0.465 e. The number of amides is 1. The second-order valence-corrected chi connectivity index (χ2v) is 4.96. The zero-order valence-corrected chi connectivity index (χ0v) is 10.5. The summed E-state index contributed by atoms with van der Waals surface area (Å²) >= 11 is 0. The summed E-state index contributed by atoms with van der Waals surface area (Å²) in [5, 5.41) is 19.7. The molecule has 20 heavy (non-hydrogen) atoms. The van der Waals surface area contributed by atoms with Crippen LogP contribution in [0.15, 0.2) is 12.1 Å². The molecule has 2 bridgehead atoms. The molecule has 1 amide bonds. The van der Waals surface area contributed by atoms with Crippen LogP contribution in [0.25, 0.3) is 0 Å². The smallest absolute Gasteiger partial charge is 0.407 e. The molecule has 3 heterocycles. The van der Waals surface area contributed by atoms with Crippen molar-refractivity contribution >= 4 is 23.4 Å². The zero-order valence-electron chi connectivity index (χ0n) is 10.5. The maximum absolute atomic E-state index is 11.0. The van der Waals surface area contributed by atoms with E-state index >= 15 is 0 Å². The van der Waals surface area contributed by atoms with Crippen molar-refractivity contribution in [3.63, 3.8) is 0 Å². The summed E-state index contributed by atoms with van der Waals surface area (Å²) in [6.45, 7) is 0.972. The van der Waals surface area contributed by atoms with Crippen LogP contribution in [0.3, 0.4) is 0 Å². The van der Waals surface area contributed by atoms with Crippen molar-refractivity contribution in [1.82, 2.24) is 9.88 Å². The van der Waals surface area contributed by atoms with Crippen molar-refractivity contribution in [2.45, 2.75) is 18.5 Å². The van der Waals surface area contributed by atoms with Gasteiger partial charge in [-0.25, -0.2) is 9.78 Å². The van der Waals surface area contributed by atoms with E-state index in [1.165, 1.54) is 11.0 Å². The van der Waals surface area contributed by atoms with Crippen LogP contribution in [0.5, 0.6) is 0 Å². The third-order valence-electron chi connectivity index (χ3n) is 3.86. The third kappa shape index (κ3) is 1.78. The number of fused-ring (bicyclic) bond motifs is 2. The van der Waals surface area contributed by atoms with E-state index in [0.29, 0.717) is 18.9 Å². The van der Waals surface area contributed by atoms with Crippen molar-refractivity contribution in [3.8, 4) is 0 Å². The number of carboxylic acid groups (broad SMARTS) is 1. The Morgan fingerprint density at radius 2 is 2.20 bits per heavy atom. The molecule has 2 aliphatic heterocycles. The average Bonchev–Trinajstić information content (AvgIpc) is 2.97. The number of nitrogens with two attached hydrogens (primary N) is 1. The van der Waals surface area contributed by atoms with Crippen LogP contribution in [0.4, 0.5) is 22.1 Å². The monoisotopic (exact) mass is 279 g/mol. The number of piperazine rings is 1. The van der Waals surface area contributed by atoms with Gasteiger partial charge in [-0.2, -0.15) is 0 Å². The Morgan fingerprint density at radius 1 is 1.45 bits per heavy atom. The highest BCUT2D eigenvalue weighted by Crippen LogP contribution is 2.35. The predicted octanol–water partition coefficient (Wildman–Crippen LogP) is 0.513. The molecule has 2 saturated heterocycles. The Kier molecular flexibility index (Phi) is 2.63. The standard InChI is InChI=1S/C11H13N5O4/c12-10-8(16(19)20)1-2-9(13-10)14-4-7-3-6(14)5-15(7)11(17)18/h1-2,6-7H,3-5H2,(H2,12,13)(H,17,18)/t6-,7-/m1/s1. The highest BCUT2D eigenvalue weighted by molar-refractivity contribution is 5.67. The van der Waals surface area contributed by atoms with Gasteiger partial charge in [0.1, 0.15) is 5.82 Å². The molecule has 3 rings (SSSR count). The van der Waals surface area contributed by atoms with Gasteiger partial charge in [0.15, 0.2) is 0 Å². The van der Waals surface area contributed by atoms with Crippen LogP contribution in [-0.4, -0.2) is 51.2 Å². The molecule has 1 aromatic rings. The van der Waals surface area contributed by atoms with Crippen LogP contribution in [0, 0.1) is 10.1 Å². The first kappa shape index (κ1) is 12.5. The summed E-state index contributed by atoms with van der Waals surface area (Å²) in [7, 11) is 0. The van der Waals surface area contributed by atoms with Gasteiger partial charge >= 0.3 is 11.8 Å². The SMILES string of the molecule is Nc1nc(N2C[C@H]3C[C@@H]2CN3C(=O)O)ccc1[N+](=O)[O-]. The summed E-state index contributed by atoms with van der Waals surface area (Å²) < 4.78 is 0. The Labute approximate surface area is 113 Å². The van der Waals surface area contributed by atoms with Gasteiger partial charge in [-0.15, -0.1) is 0 Å². The number of pyridine rings is 1. The highest BCUT2D eigenvalue weighted by Gasteiger charge is 2.46. The summed E-state index contributed by atoms with van der Waals surface area (Å²) in [6, 6.07) is 2.90. The molecule has 2 fully saturated rings. The third-order valence-corrected chi connectivity index (χ3v) is 3.86. The van der Waals surface area contributed by atoms with Gasteiger partial charge in [-0.3, -0.25) is 10.1 Å². The number of nitrogens with zero attached hydrogens (tertiary/aromatic N) is 4. The van der Waals surface area contributed by atoms with E-state index in [4.69, 9.17) is 10.8 Å². The molecular formula is C11H13N5O4. The Bertz CT molecular complexity index is 592. The zero-order chi connectivity index (χ0) is 14.4. The van der Waals surface area contributed by atoms with Gasteiger partial charge < -0.3 is 20.6 Å². The van der Waals surface area contributed by atoms with E-state index in [1.54, 1.807) is 6.07 Å². The molecular weight excluding hydrogens is 266 g/mol. The molecule has 1 aromatic heterocycles. The van der Waals surface area contributed by atoms with Crippen molar-refractivity contribution in [1.29, 1.82) is 0 Å². The van der Waals surface area contributed by atoms with Crippen molar-refractivity contribution in [2.24, 2.45) is 0 Å². The lowest BCUT2D eigenvalue weighted by molar-refractivity contribution is -0.384. The molecule has 0 aliphatic carbocycles. The Hall–Kier alpha value is -2.58. The fourth-order valence-corrected chi connectivity index (χ4v) is 2.95. The molecule has 0 aromatic carbocycles.